The molecule has 2 aromatic rings. The van der Waals surface area contributed by atoms with Crippen LogP contribution in [0.25, 0.3) is 0 Å². The van der Waals surface area contributed by atoms with Gasteiger partial charge in [-0.25, -0.2) is 4.39 Å². The van der Waals surface area contributed by atoms with Crippen LogP contribution in [0.4, 0.5) is 4.39 Å². The van der Waals surface area contributed by atoms with Crippen LogP contribution in [0.15, 0.2) is 30.3 Å². The molecule has 1 aliphatic heterocycles. The molecule has 7 nitrogen and oxygen atoms in total. The summed E-state index contributed by atoms with van der Waals surface area (Å²) in [5.41, 5.74) is 2.23. The van der Waals surface area contributed by atoms with Crippen molar-refractivity contribution in [2.45, 2.75) is 32.2 Å². The minimum atomic E-state index is -1.00. The van der Waals surface area contributed by atoms with Crippen molar-refractivity contribution >= 4 is 5.91 Å². The summed E-state index contributed by atoms with van der Waals surface area (Å²) in [5, 5.41) is 23.2. The molecule has 1 aromatic heterocycles. The van der Waals surface area contributed by atoms with Crippen molar-refractivity contribution in [3.05, 3.63) is 53.1 Å². The van der Waals surface area contributed by atoms with E-state index in [-0.39, 0.29) is 24.9 Å². The molecule has 1 aliphatic rings. The van der Waals surface area contributed by atoms with Gasteiger partial charge in [0.05, 0.1) is 31.1 Å². The van der Waals surface area contributed by atoms with Crippen LogP contribution in [0.5, 0.6) is 0 Å². The van der Waals surface area contributed by atoms with Gasteiger partial charge in [0.25, 0.3) is 0 Å². The summed E-state index contributed by atoms with van der Waals surface area (Å²) in [6.07, 6.45) is -0.230. The summed E-state index contributed by atoms with van der Waals surface area (Å²) >= 11 is 0. The van der Waals surface area contributed by atoms with Crippen molar-refractivity contribution < 1.29 is 19.4 Å². The summed E-state index contributed by atoms with van der Waals surface area (Å²) in [4.78, 5) is 16.4. The van der Waals surface area contributed by atoms with Crippen LogP contribution in [-0.2, 0) is 24.4 Å². The molecule has 3 rings (SSSR count). The van der Waals surface area contributed by atoms with Crippen molar-refractivity contribution in [2.24, 2.45) is 0 Å². The molecular weight excluding hydrogens is 351 g/mol. The second kappa shape index (κ2) is 8.60. The fourth-order valence-corrected chi connectivity index (χ4v) is 3.24. The van der Waals surface area contributed by atoms with Crippen LogP contribution in [0, 0.1) is 5.82 Å². The molecule has 2 heterocycles. The molecule has 0 spiro atoms. The third-order valence-corrected chi connectivity index (χ3v) is 4.67. The molecule has 1 amide bonds. The number of carbonyl (C=O) groups is 1. The van der Waals surface area contributed by atoms with E-state index in [1.807, 2.05) is 11.9 Å². The van der Waals surface area contributed by atoms with Gasteiger partial charge in [0.15, 0.2) is 0 Å². The summed E-state index contributed by atoms with van der Waals surface area (Å²) in [7, 11) is 1.86. The average Bonchev–Trinajstić information content (AvgIpc) is 2.94. The monoisotopic (exact) mass is 376 g/mol. The first kappa shape index (κ1) is 19.5. The molecule has 0 saturated carbocycles. The SMILES string of the molecule is CN(CC(=O)N1CCCn2nc([C@H](O)CO)cc2C1)Cc1ccc(F)cc1. The van der Waals surface area contributed by atoms with Gasteiger partial charge in [0, 0.05) is 19.6 Å². The highest BCUT2D eigenvalue weighted by atomic mass is 19.1. The molecule has 8 heteroatoms. The van der Waals surface area contributed by atoms with Gasteiger partial charge in [0.1, 0.15) is 11.9 Å². The topological polar surface area (TPSA) is 81.8 Å². The van der Waals surface area contributed by atoms with Crippen LogP contribution in [0.1, 0.15) is 29.5 Å². The van der Waals surface area contributed by atoms with Crippen molar-refractivity contribution in [3.8, 4) is 0 Å². The van der Waals surface area contributed by atoms with E-state index in [0.29, 0.717) is 31.9 Å². The van der Waals surface area contributed by atoms with Crippen LogP contribution in [0.2, 0.25) is 0 Å². The molecule has 0 saturated heterocycles. The van der Waals surface area contributed by atoms with Crippen LogP contribution in [-0.4, -0.2) is 62.4 Å². The number of halogens is 1. The Labute approximate surface area is 157 Å². The lowest BCUT2D eigenvalue weighted by Gasteiger charge is -2.24. The molecule has 2 N–H and O–H groups in total. The average molecular weight is 376 g/mol. The van der Waals surface area contributed by atoms with Gasteiger partial charge in [-0.05, 0) is 37.2 Å². The summed E-state index contributed by atoms with van der Waals surface area (Å²) in [6, 6.07) is 8.01. The summed E-state index contributed by atoms with van der Waals surface area (Å²) in [6.45, 7) is 2.18. The Hall–Kier alpha value is -2.29. The van der Waals surface area contributed by atoms with Crippen molar-refractivity contribution in [2.75, 3.05) is 26.7 Å². The first-order chi connectivity index (χ1) is 13.0. The maximum atomic E-state index is 13.0. The third-order valence-electron chi connectivity index (χ3n) is 4.67. The zero-order valence-electron chi connectivity index (χ0n) is 15.4. The largest absolute Gasteiger partial charge is 0.393 e. The number of hydrogen-bond acceptors (Lipinski definition) is 5. The lowest BCUT2D eigenvalue weighted by Crippen LogP contribution is -2.38. The number of benzene rings is 1. The smallest absolute Gasteiger partial charge is 0.237 e. The van der Waals surface area contributed by atoms with Crippen LogP contribution in [0.3, 0.4) is 0 Å². The first-order valence-electron chi connectivity index (χ1n) is 9.02. The summed E-state index contributed by atoms with van der Waals surface area (Å²) < 4.78 is 14.8. The molecule has 0 bridgehead atoms. The highest BCUT2D eigenvalue weighted by Gasteiger charge is 2.23. The van der Waals surface area contributed by atoms with Crippen molar-refractivity contribution in [1.29, 1.82) is 0 Å². The second-order valence-electron chi connectivity index (χ2n) is 6.95. The second-order valence-corrected chi connectivity index (χ2v) is 6.95. The van der Waals surface area contributed by atoms with Crippen LogP contribution < -0.4 is 0 Å². The number of carbonyl (C=O) groups excluding carboxylic acids is 1. The number of aliphatic hydroxyl groups excluding tert-OH is 2. The highest BCUT2D eigenvalue weighted by molar-refractivity contribution is 5.78. The van der Waals surface area contributed by atoms with E-state index in [9.17, 15) is 14.3 Å². The fourth-order valence-electron chi connectivity index (χ4n) is 3.24. The van der Waals surface area contributed by atoms with E-state index in [0.717, 1.165) is 17.7 Å². The number of nitrogens with zero attached hydrogens (tertiary/aromatic N) is 4. The Kier molecular flexibility index (Phi) is 6.20. The number of aryl methyl sites for hydroxylation is 1. The Morgan fingerprint density at radius 2 is 2.07 bits per heavy atom. The van der Waals surface area contributed by atoms with E-state index < -0.39 is 6.10 Å². The Bertz CT molecular complexity index is 778. The summed E-state index contributed by atoms with van der Waals surface area (Å²) in [5.74, 6) is -0.261. The number of fused-ring (bicyclic) bond motifs is 1. The molecule has 27 heavy (non-hydrogen) atoms. The minimum absolute atomic E-state index is 0.0125. The van der Waals surface area contributed by atoms with Gasteiger partial charge in [-0.2, -0.15) is 5.10 Å². The number of amides is 1. The van der Waals surface area contributed by atoms with Gasteiger partial charge in [0.2, 0.25) is 5.91 Å². The van der Waals surface area contributed by atoms with Crippen LogP contribution >= 0.6 is 0 Å². The van der Waals surface area contributed by atoms with Gasteiger partial charge in [-0.3, -0.25) is 14.4 Å². The molecular formula is C19H25FN4O3. The minimum Gasteiger partial charge on any atom is -0.393 e. The number of aliphatic hydroxyl groups is 2. The van der Waals surface area contributed by atoms with E-state index >= 15 is 0 Å². The standard InChI is InChI=1S/C19H25FN4O3/c1-22(10-14-3-5-15(20)6-4-14)12-19(27)23-7-2-8-24-16(11-23)9-17(21-24)18(26)13-25/h3-6,9,18,25-26H,2,7-8,10-13H2,1H3/t18-/m1/s1. The lowest BCUT2D eigenvalue weighted by atomic mass is 10.2. The van der Waals surface area contributed by atoms with Crippen molar-refractivity contribution in [1.82, 2.24) is 19.6 Å². The van der Waals surface area contributed by atoms with E-state index in [1.165, 1.54) is 12.1 Å². The maximum absolute atomic E-state index is 13.0. The fraction of sp³-hybridized carbons (Fsp3) is 0.474. The maximum Gasteiger partial charge on any atom is 0.237 e. The molecule has 146 valence electrons. The Balaban J connectivity index is 1.60. The van der Waals surface area contributed by atoms with Gasteiger partial charge >= 0.3 is 0 Å². The quantitative estimate of drug-likeness (QED) is 0.783. The zero-order chi connectivity index (χ0) is 19.4. The molecule has 0 unspecified atom stereocenters. The third kappa shape index (κ3) is 4.91. The van der Waals surface area contributed by atoms with E-state index in [1.54, 1.807) is 27.8 Å². The first-order valence-corrected chi connectivity index (χ1v) is 9.02. The van der Waals surface area contributed by atoms with Gasteiger partial charge in [-0.15, -0.1) is 0 Å². The molecule has 0 aliphatic carbocycles. The predicted octanol–water partition coefficient (Wildman–Crippen LogP) is 0.912. The number of rotatable bonds is 6. The molecule has 0 radical (unpaired) electrons. The normalized spacial score (nSPS) is 15.5. The number of aromatic nitrogens is 2. The number of hydrogen-bond donors (Lipinski definition) is 2. The van der Waals surface area contributed by atoms with Gasteiger partial charge < -0.3 is 15.1 Å². The van der Waals surface area contributed by atoms with Gasteiger partial charge in [-0.1, -0.05) is 12.1 Å². The highest BCUT2D eigenvalue weighted by Crippen LogP contribution is 2.18. The zero-order valence-corrected chi connectivity index (χ0v) is 15.4. The molecule has 1 atom stereocenters. The Morgan fingerprint density at radius 1 is 1.33 bits per heavy atom. The Morgan fingerprint density at radius 3 is 2.78 bits per heavy atom. The molecule has 0 fully saturated rings. The predicted molar refractivity (Wildman–Crippen MR) is 97.0 cm³/mol. The number of likely N-dealkylation sites (N-methyl/N-ethyl adjacent to an activating group) is 1. The van der Waals surface area contributed by atoms with E-state index in [2.05, 4.69) is 5.10 Å². The lowest BCUT2D eigenvalue weighted by molar-refractivity contribution is -0.132. The van der Waals surface area contributed by atoms with Crippen molar-refractivity contribution in [3.63, 3.8) is 0 Å². The van der Waals surface area contributed by atoms with E-state index in [4.69, 9.17) is 5.11 Å². The molecule has 1 aromatic carbocycles.